The van der Waals surface area contributed by atoms with Gasteiger partial charge in [-0.1, -0.05) is 19.1 Å². The minimum Gasteiger partial charge on any atom is -0.457 e. The summed E-state index contributed by atoms with van der Waals surface area (Å²) in [4.78, 5) is 28.0. The molecule has 2 N–H and O–H groups in total. The topological polar surface area (TPSA) is 76.2 Å². The van der Waals surface area contributed by atoms with Gasteiger partial charge in [-0.25, -0.2) is 9.38 Å². The summed E-state index contributed by atoms with van der Waals surface area (Å²) >= 11 is 0. The summed E-state index contributed by atoms with van der Waals surface area (Å²) in [6.07, 6.45) is 4.25. The van der Waals surface area contributed by atoms with E-state index in [0.29, 0.717) is 41.0 Å². The number of aromatic nitrogens is 1. The average Bonchev–Trinajstić information content (AvgIpc) is 3.36. The lowest BCUT2D eigenvalue weighted by atomic mass is 9.98. The molecule has 41 heavy (non-hydrogen) atoms. The highest BCUT2D eigenvalue weighted by Crippen LogP contribution is 2.33. The van der Waals surface area contributed by atoms with Crippen LogP contribution in [-0.2, 0) is 4.79 Å². The second kappa shape index (κ2) is 12.2. The molecule has 1 fully saturated rings. The van der Waals surface area contributed by atoms with Gasteiger partial charge >= 0.3 is 0 Å². The van der Waals surface area contributed by atoms with Crippen LogP contribution in [0.5, 0.6) is 5.75 Å². The van der Waals surface area contributed by atoms with Gasteiger partial charge in [0, 0.05) is 79.9 Å². The monoisotopic (exact) mass is 558 g/mol. The number of fused-ring (bicyclic) bond motifs is 1. The van der Waals surface area contributed by atoms with Gasteiger partial charge in [0.15, 0.2) is 11.6 Å². The van der Waals surface area contributed by atoms with E-state index in [-0.39, 0.29) is 17.6 Å². The first-order chi connectivity index (χ1) is 19.7. The van der Waals surface area contributed by atoms with E-state index in [1.807, 2.05) is 39.0 Å². The quantitative estimate of drug-likeness (QED) is 0.415. The molecule has 2 aliphatic heterocycles. The molecule has 1 aromatic heterocycles. The molecular formula is C32H39FN6O2. The van der Waals surface area contributed by atoms with Crippen molar-refractivity contribution in [2.45, 2.75) is 27.2 Å². The van der Waals surface area contributed by atoms with E-state index in [1.54, 1.807) is 36.3 Å². The standard InChI is InChI=1S/C32H39FN6O2/c1-6-38(5)32(40)28-30(41-27-13-12-26-25(29(27)33)19-22(3)35-26)21(2)9-8-14-34-31(28)36-23-10-7-11-24(20-23)39-17-15-37(4)16-18-39/h7-8,10-14,19-21,35H,6,9,15-18H2,1-5H3,(H,34,36)/b14-8+,30-28?. The summed E-state index contributed by atoms with van der Waals surface area (Å²) in [5.41, 5.74) is 3.76. The van der Waals surface area contributed by atoms with Crippen molar-refractivity contribution >= 4 is 34.0 Å². The van der Waals surface area contributed by atoms with Gasteiger partial charge in [-0.15, -0.1) is 0 Å². The van der Waals surface area contributed by atoms with Crippen molar-refractivity contribution in [2.24, 2.45) is 10.9 Å². The minimum atomic E-state index is -0.467. The minimum absolute atomic E-state index is 0.0729. The Morgan fingerprint density at radius 1 is 1.20 bits per heavy atom. The molecular weight excluding hydrogens is 519 g/mol. The summed E-state index contributed by atoms with van der Waals surface area (Å²) in [5.74, 6) is -0.100. The summed E-state index contributed by atoms with van der Waals surface area (Å²) in [5, 5.41) is 3.86. The second-order valence-electron chi connectivity index (χ2n) is 10.9. The number of nitrogens with zero attached hydrogens (tertiary/aromatic N) is 4. The highest BCUT2D eigenvalue weighted by Gasteiger charge is 2.30. The number of amides is 1. The van der Waals surface area contributed by atoms with Crippen molar-refractivity contribution < 1.29 is 13.9 Å². The number of halogens is 1. The first-order valence-electron chi connectivity index (χ1n) is 14.2. The van der Waals surface area contributed by atoms with Gasteiger partial charge < -0.3 is 29.7 Å². The SMILES string of the molecule is CCN(C)C(=O)C1=C(Oc2ccc3[nH]c(C)cc3c2F)C(C)C/C=C/N=C1Nc1cccc(N2CCN(C)CC2)c1. The number of ether oxygens (including phenoxy) is 1. The van der Waals surface area contributed by atoms with E-state index in [1.165, 1.54) is 0 Å². The maximum Gasteiger partial charge on any atom is 0.260 e. The van der Waals surface area contributed by atoms with Gasteiger partial charge in [0.1, 0.15) is 17.2 Å². The smallest absolute Gasteiger partial charge is 0.260 e. The fourth-order valence-electron chi connectivity index (χ4n) is 5.18. The van der Waals surface area contributed by atoms with Crippen LogP contribution in [0.2, 0.25) is 0 Å². The van der Waals surface area contributed by atoms with Crippen molar-refractivity contribution in [1.29, 1.82) is 0 Å². The van der Waals surface area contributed by atoms with Crippen LogP contribution in [0.3, 0.4) is 0 Å². The predicted octanol–water partition coefficient (Wildman–Crippen LogP) is 5.54. The molecule has 0 saturated carbocycles. The lowest BCUT2D eigenvalue weighted by Crippen LogP contribution is -2.44. The fraction of sp³-hybridized carbons (Fsp3) is 0.375. The van der Waals surface area contributed by atoms with Crippen LogP contribution in [0.15, 0.2) is 71.1 Å². The molecule has 0 bridgehead atoms. The van der Waals surface area contributed by atoms with E-state index < -0.39 is 5.82 Å². The Hall–Kier alpha value is -4.11. The number of anilines is 2. The van der Waals surface area contributed by atoms with Gasteiger partial charge in [0.2, 0.25) is 0 Å². The van der Waals surface area contributed by atoms with Crippen molar-refractivity contribution in [3.63, 3.8) is 0 Å². The van der Waals surface area contributed by atoms with Crippen LogP contribution in [0.4, 0.5) is 15.8 Å². The molecule has 3 heterocycles. The molecule has 9 heteroatoms. The fourth-order valence-corrected chi connectivity index (χ4v) is 5.18. The van der Waals surface area contributed by atoms with Gasteiger partial charge in [0.25, 0.3) is 5.91 Å². The zero-order valence-electron chi connectivity index (χ0n) is 24.5. The van der Waals surface area contributed by atoms with E-state index in [2.05, 4.69) is 44.3 Å². The number of likely N-dealkylation sites (N-methyl/N-ethyl adjacent to an activating group) is 2. The highest BCUT2D eigenvalue weighted by atomic mass is 19.1. The normalized spacial score (nSPS) is 19.0. The molecule has 0 radical (unpaired) electrons. The van der Waals surface area contributed by atoms with Crippen LogP contribution in [-0.4, -0.2) is 73.3 Å². The molecule has 8 nitrogen and oxygen atoms in total. The number of amidine groups is 1. The number of nitrogens with one attached hydrogen (secondary N) is 2. The number of allylic oxidation sites excluding steroid dienone is 2. The second-order valence-corrected chi connectivity index (χ2v) is 10.9. The van der Waals surface area contributed by atoms with Gasteiger partial charge in [-0.3, -0.25) is 4.79 Å². The van der Waals surface area contributed by atoms with E-state index >= 15 is 4.39 Å². The zero-order chi connectivity index (χ0) is 29.1. The molecule has 2 aliphatic rings. The molecule has 1 saturated heterocycles. The van der Waals surface area contributed by atoms with Crippen LogP contribution in [0.25, 0.3) is 10.9 Å². The third-order valence-electron chi connectivity index (χ3n) is 7.80. The molecule has 0 aliphatic carbocycles. The Labute approximate surface area is 241 Å². The van der Waals surface area contributed by atoms with E-state index in [0.717, 1.165) is 43.2 Å². The lowest BCUT2D eigenvalue weighted by Gasteiger charge is -2.34. The van der Waals surface area contributed by atoms with Crippen molar-refractivity contribution in [2.75, 3.05) is 57.0 Å². The average molecular weight is 559 g/mol. The van der Waals surface area contributed by atoms with Gasteiger partial charge in [-0.05, 0) is 63.7 Å². The Kier molecular flexibility index (Phi) is 8.44. The summed E-state index contributed by atoms with van der Waals surface area (Å²) in [7, 11) is 3.88. The summed E-state index contributed by atoms with van der Waals surface area (Å²) in [6, 6.07) is 13.3. The maximum absolute atomic E-state index is 15.7. The molecule has 1 amide bonds. The molecule has 1 atom stereocenters. The van der Waals surface area contributed by atoms with Gasteiger partial charge in [-0.2, -0.15) is 0 Å². The number of benzene rings is 2. The third kappa shape index (κ3) is 6.15. The number of aryl methyl sites for hydroxylation is 1. The highest BCUT2D eigenvalue weighted by molar-refractivity contribution is 6.25. The number of carbonyl (C=O) groups excluding carboxylic acids is 1. The molecule has 1 unspecified atom stereocenters. The van der Waals surface area contributed by atoms with E-state index in [9.17, 15) is 4.79 Å². The Morgan fingerprint density at radius 3 is 2.73 bits per heavy atom. The van der Waals surface area contributed by atoms with Gasteiger partial charge in [0.05, 0.1) is 0 Å². The third-order valence-corrected chi connectivity index (χ3v) is 7.80. The Balaban J connectivity index is 1.56. The first-order valence-corrected chi connectivity index (χ1v) is 14.2. The number of H-pyrrole nitrogens is 1. The number of hydrogen-bond acceptors (Lipinski definition) is 6. The number of hydrogen-bond donors (Lipinski definition) is 2. The van der Waals surface area contributed by atoms with Crippen LogP contribution in [0.1, 0.15) is 26.0 Å². The largest absolute Gasteiger partial charge is 0.457 e. The summed E-state index contributed by atoms with van der Waals surface area (Å²) in [6.45, 7) is 10.2. The van der Waals surface area contributed by atoms with Crippen LogP contribution < -0.4 is 15.0 Å². The number of aliphatic imine (C=N–C) groups is 1. The summed E-state index contributed by atoms with van der Waals surface area (Å²) < 4.78 is 22.0. The number of carbonyl (C=O) groups is 1. The predicted molar refractivity (Wildman–Crippen MR) is 164 cm³/mol. The van der Waals surface area contributed by atoms with Crippen LogP contribution in [0, 0.1) is 18.7 Å². The molecule has 5 rings (SSSR count). The Morgan fingerprint density at radius 2 is 1.98 bits per heavy atom. The molecule has 216 valence electrons. The Bertz CT molecular complexity index is 1520. The number of aromatic amines is 1. The molecule has 3 aromatic rings. The van der Waals surface area contributed by atoms with Crippen LogP contribution >= 0.6 is 0 Å². The first kappa shape index (κ1) is 28.4. The van der Waals surface area contributed by atoms with Crippen molar-refractivity contribution in [3.8, 4) is 5.75 Å². The lowest BCUT2D eigenvalue weighted by molar-refractivity contribution is -0.125. The number of rotatable bonds is 6. The molecule has 0 spiro atoms. The molecule has 2 aromatic carbocycles. The van der Waals surface area contributed by atoms with E-state index in [4.69, 9.17) is 4.74 Å². The van der Waals surface area contributed by atoms with Crippen molar-refractivity contribution in [3.05, 3.63) is 77.6 Å². The van der Waals surface area contributed by atoms with Crippen molar-refractivity contribution in [1.82, 2.24) is 14.8 Å². The number of piperazine rings is 1. The zero-order valence-corrected chi connectivity index (χ0v) is 24.5. The maximum atomic E-state index is 15.7.